The lowest BCUT2D eigenvalue weighted by molar-refractivity contribution is -0.0149. The topological polar surface area (TPSA) is 43.5 Å². The van der Waals surface area contributed by atoms with Gasteiger partial charge in [-0.3, -0.25) is 0 Å². The molecule has 2 aliphatic heterocycles. The van der Waals surface area contributed by atoms with Gasteiger partial charge in [-0.25, -0.2) is 0 Å². The molecule has 2 fully saturated rings. The molecule has 2 aromatic rings. The minimum absolute atomic E-state index is 0.283. The van der Waals surface area contributed by atoms with Gasteiger partial charge in [0.15, 0.2) is 0 Å². The van der Waals surface area contributed by atoms with Crippen molar-refractivity contribution >= 4 is 0 Å². The van der Waals surface area contributed by atoms with E-state index < -0.39 is 11.6 Å². The maximum atomic E-state index is 5.82. The van der Waals surface area contributed by atoms with Crippen molar-refractivity contribution in [3.8, 4) is 0 Å². The highest BCUT2D eigenvalue weighted by Crippen LogP contribution is 2.56. The number of epoxide rings is 2. The first-order valence-electron chi connectivity index (χ1n) is 9.39. The Bertz CT molecular complexity index is 766. The molecule has 0 amide bonds. The van der Waals surface area contributed by atoms with Gasteiger partial charge in [0.1, 0.15) is 11.2 Å². The molecular formula is C23H28O4. The number of methoxy groups -OCH3 is 2. The van der Waals surface area contributed by atoms with Crippen molar-refractivity contribution < 1.29 is 18.9 Å². The number of benzene rings is 2. The van der Waals surface area contributed by atoms with Gasteiger partial charge in [0.05, 0.1) is 0 Å². The Balaban J connectivity index is 1.47. The molecule has 2 atom stereocenters. The normalized spacial score (nSPS) is 30.1. The van der Waals surface area contributed by atoms with Crippen molar-refractivity contribution in [2.75, 3.05) is 14.2 Å². The summed E-state index contributed by atoms with van der Waals surface area (Å²) in [4.78, 5) is 0. The van der Waals surface area contributed by atoms with Crippen molar-refractivity contribution in [3.63, 3.8) is 0 Å². The lowest BCUT2D eigenvalue weighted by Crippen LogP contribution is -2.20. The molecule has 0 aliphatic carbocycles. The summed E-state index contributed by atoms with van der Waals surface area (Å²) < 4.78 is 22.9. The summed E-state index contributed by atoms with van der Waals surface area (Å²) in [5.41, 5.74) is 4.05. The summed E-state index contributed by atoms with van der Waals surface area (Å²) in [7, 11) is 3.39. The molecule has 0 aromatic heterocycles. The zero-order valence-corrected chi connectivity index (χ0v) is 17.0. The Hall–Kier alpha value is -1.72. The van der Waals surface area contributed by atoms with Crippen LogP contribution in [0.4, 0.5) is 0 Å². The molecular weight excluding hydrogens is 340 g/mol. The average Bonchev–Trinajstić information content (AvgIpc) is 3.44. The third-order valence-corrected chi connectivity index (χ3v) is 5.95. The number of ether oxygens (including phenoxy) is 4. The van der Waals surface area contributed by atoms with Crippen LogP contribution in [0, 0.1) is 0 Å². The predicted octanol–water partition coefficient (Wildman–Crippen LogP) is 4.49. The monoisotopic (exact) mass is 368 g/mol. The molecule has 2 heterocycles. The van der Waals surface area contributed by atoms with Crippen LogP contribution in [0.3, 0.4) is 0 Å². The molecule has 2 aliphatic rings. The predicted molar refractivity (Wildman–Crippen MR) is 103 cm³/mol. The van der Waals surface area contributed by atoms with Gasteiger partial charge in [-0.05, 0) is 45.2 Å². The Morgan fingerprint density at radius 3 is 1.15 bits per heavy atom. The van der Waals surface area contributed by atoms with Crippen LogP contribution in [-0.4, -0.2) is 25.4 Å². The van der Waals surface area contributed by atoms with E-state index in [1.54, 1.807) is 14.2 Å². The van der Waals surface area contributed by atoms with Crippen molar-refractivity contribution in [1.29, 1.82) is 0 Å². The summed E-state index contributed by atoms with van der Waals surface area (Å²) in [6, 6.07) is 17.0. The molecule has 0 spiro atoms. The first-order chi connectivity index (χ1) is 12.7. The summed E-state index contributed by atoms with van der Waals surface area (Å²) in [6.45, 7) is 8.18. The Labute approximate surface area is 161 Å². The van der Waals surface area contributed by atoms with Gasteiger partial charge in [-0.2, -0.15) is 0 Å². The zero-order valence-electron chi connectivity index (χ0n) is 17.0. The average molecular weight is 368 g/mol. The standard InChI is InChI=1S/C23H28O4/c1-20(2)22(24-5,26-20)18-11-7-16(8-12-18)15-17-9-13-19(14-10-17)23(25-6)21(3,4)27-23/h7-14H,15H2,1-6H3. The van der Waals surface area contributed by atoms with Gasteiger partial charge in [0.2, 0.25) is 11.6 Å². The van der Waals surface area contributed by atoms with Crippen molar-refractivity contribution in [2.45, 2.75) is 56.9 Å². The fourth-order valence-electron chi connectivity index (χ4n) is 4.21. The van der Waals surface area contributed by atoms with Crippen LogP contribution in [0.1, 0.15) is 49.9 Å². The molecule has 4 nitrogen and oxygen atoms in total. The largest absolute Gasteiger partial charge is 0.347 e. The van der Waals surface area contributed by atoms with Gasteiger partial charge in [-0.15, -0.1) is 0 Å². The van der Waals surface area contributed by atoms with E-state index in [0.29, 0.717) is 0 Å². The molecule has 0 N–H and O–H groups in total. The highest BCUT2D eigenvalue weighted by atomic mass is 16.8. The van der Waals surface area contributed by atoms with Gasteiger partial charge in [0, 0.05) is 25.3 Å². The fourth-order valence-corrected chi connectivity index (χ4v) is 4.21. The van der Waals surface area contributed by atoms with E-state index in [2.05, 4.69) is 48.5 Å². The molecule has 4 heteroatoms. The van der Waals surface area contributed by atoms with E-state index >= 15 is 0 Å². The number of rotatable bonds is 6. The van der Waals surface area contributed by atoms with E-state index in [4.69, 9.17) is 18.9 Å². The van der Waals surface area contributed by atoms with Crippen LogP contribution < -0.4 is 0 Å². The van der Waals surface area contributed by atoms with Gasteiger partial charge < -0.3 is 18.9 Å². The quantitative estimate of drug-likeness (QED) is 0.705. The van der Waals surface area contributed by atoms with E-state index in [0.717, 1.165) is 17.5 Å². The Morgan fingerprint density at radius 2 is 0.926 bits per heavy atom. The Kier molecular flexibility index (Phi) is 4.06. The molecule has 0 bridgehead atoms. The lowest BCUT2D eigenvalue weighted by Gasteiger charge is -2.15. The first kappa shape index (κ1) is 18.6. The van der Waals surface area contributed by atoms with Crippen molar-refractivity contribution in [3.05, 3.63) is 70.8 Å². The highest BCUT2D eigenvalue weighted by Gasteiger charge is 2.67. The minimum atomic E-state index is -0.612. The molecule has 0 saturated carbocycles. The highest BCUT2D eigenvalue weighted by molar-refractivity contribution is 5.37. The molecule has 27 heavy (non-hydrogen) atoms. The van der Waals surface area contributed by atoms with Crippen LogP contribution >= 0.6 is 0 Å². The van der Waals surface area contributed by atoms with Gasteiger partial charge in [0.25, 0.3) is 0 Å². The van der Waals surface area contributed by atoms with E-state index in [-0.39, 0.29) is 11.2 Å². The Morgan fingerprint density at radius 1 is 0.630 bits per heavy atom. The molecule has 2 unspecified atom stereocenters. The molecule has 4 rings (SSSR count). The molecule has 2 aromatic carbocycles. The van der Waals surface area contributed by atoms with Gasteiger partial charge >= 0.3 is 0 Å². The second-order valence-corrected chi connectivity index (χ2v) is 8.44. The second-order valence-electron chi connectivity index (χ2n) is 8.44. The van der Waals surface area contributed by atoms with Crippen molar-refractivity contribution in [1.82, 2.24) is 0 Å². The minimum Gasteiger partial charge on any atom is -0.347 e. The SMILES string of the molecule is COC1(c2ccc(Cc3ccc(C4(OC)OC4(C)C)cc3)cc2)OC1(C)C. The lowest BCUT2D eigenvalue weighted by atomic mass is 9.95. The van der Waals surface area contributed by atoms with E-state index in [1.165, 1.54) is 11.1 Å². The van der Waals surface area contributed by atoms with Crippen molar-refractivity contribution in [2.24, 2.45) is 0 Å². The van der Waals surface area contributed by atoms with Crippen LogP contribution in [0.2, 0.25) is 0 Å². The summed E-state index contributed by atoms with van der Waals surface area (Å²) >= 11 is 0. The fraction of sp³-hybridized carbons (Fsp3) is 0.478. The van der Waals surface area contributed by atoms with Crippen LogP contribution in [0.25, 0.3) is 0 Å². The summed E-state index contributed by atoms with van der Waals surface area (Å²) in [6.07, 6.45) is 0.870. The summed E-state index contributed by atoms with van der Waals surface area (Å²) in [5.74, 6) is -1.22. The molecule has 144 valence electrons. The molecule has 2 saturated heterocycles. The zero-order chi connectivity index (χ0) is 19.5. The van der Waals surface area contributed by atoms with Crippen LogP contribution in [0.15, 0.2) is 48.5 Å². The van der Waals surface area contributed by atoms with E-state index in [9.17, 15) is 0 Å². The molecule has 0 radical (unpaired) electrons. The van der Waals surface area contributed by atoms with Crippen LogP contribution in [0.5, 0.6) is 0 Å². The summed E-state index contributed by atoms with van der Waals surface area (Å²) in [5, 5.41) is 0. The maximum Gasteiger partial charge on any atom is 0.225 e. The first-order valence-corrected chi connectivity index (χ1v) is 9.39. The smallest absolute Gasteiger partial charge is 0.225 e. The van der Waals surface area contributed by atoms with Crippen LogP contribution in [-0.2, 0) is 36.9 Å². The number of hydrogen-bond donors (Lipinski definition) is 0. The van der Waals surface area contributed by atoms with E-state index in [1.807, 2.05) is 27.7 Å². The third-order valence-electron chi connectivity index (χ3n) is 5.95. The number of hydrogen-bond acceptors (Lipinski definition) is 4. The van der Waals surface area contributed by atoms with Gasteiger partial charge in [-0.1, -0.05) is 48.5 Å². The third kappa shape index (κ3) is 2.74. The maximum absolute atomic E-state index is 5.82. The second kappa shape index (κ2) is 5.89.